The van der Waals surface area contributed by atoms with E-state index in [2.05, 4.69) is 20.2 Å². The van der Waals surface area contributed by atoms with Crippen molar-refractivity contribution < 1.29 is 64.8 Å². The van der Waals surface area contributed by atoms with Crippen LogP contribution in [0.4, 0.5) is 49.4 Å². The lowest BCUT2D eigenvalue weighted by atomic mass is 9.90. The molecular weight excluding hydrogens is 1170 g/mol. The summed E-state index contributed by atoms with van der Waals surface area (Å²) in [6, 6.07) is 19.3. The lowest BCUT2D eigenvalue weighted by Crippen LogP contribution is -2.48. The minimum Gasteiger partial charge on any atom is -0.481 e. The maximum Gasteiger partial charge on any atom is 0.306 e. The number of carboxylic acid groups (broad SMARTS) is 1. The van der Waals surface area contributed by atoms with Crippen LogP contribution in [0.2, 0.25) is 10.0 Å². The zero-order valence-electron chi connectivity index (χ0n) is 47.6. The smallest absolute Gasteiger partial charge is 0.306 e. The number of amides is 2. The lowest BCUT2D eigenvalue weighted by Gasteiger charge is -2.37. The highest BCUT2D eigenvalue weighted by Gasteiger charge is 2.37. The average Bonchev–Trinajstić information content (AvgIpc) is 3.05. The monoisotopic (exact) mass is 1230 g/mol. The third-order valence-corrected chi connectivity index (χ3v) is 16.0. The molecule has 0 aliphatic carbocycles. The Morgan fingerprint density at radius 1 is 0.605 bits per heavy atom. The number of hydrogen-bond donors (Lipinski definition) is 1. The Labute approximate surface area is 499 Å². The Hall–Kier alpha value is -8.32. The Morgan fingerprint density at radius 2 is 1.00 bits per heavy atom. The third-order valence-electron chi connectivity index (χ3n) is 15.3. The summed E-state index contributed by atoms with van der Waals surface area (Å²) < 4.78 is 107. The summed E-state index contributed by atoms with van der Waals surface area (Å²) in [5.41, 5.74) is 2.63. The number of likely N-dealkylation sites (tertiary alicyclic amines) is 2. The summed E-state index contributed by atoms with van der Waals surface area (Å²) in [6.45, 7) is 6.57. The van der Waals surface area contributed by atoms with E-state index < -0.39 is 68.8 Å². The van der Waals surface area contributed by atoms with Gasteiger partial charge in [-0.05, 0) is 93.0 Å². The van der Waals surface area contributed by atoms with Gasteiger partial charge in [-0.15, -0.1) is 0 Å². The van der Waals surface area contributed by atoms with Crippen LogP contribution in [0.15, 0.2) is 84.9 Å². The largest absolute Gasteiger partial charge is 0.481 e. The third kappa shape index (κ3) is 12.9. The van der Waals surface area contributed by atoms with Crippen molar-refractivity contribution in [2.45, 2.75) is 58.7 Å². The number of piperidine rings is 2. The number of anilines is 4. The zero-order valence-corrected chi connectivity index (χ0v) is 49.1. The van der Waals surface area contributed by atoms with Gasteiger partial charge in [-0.25, -0.2) is 36.3 Å². The molecule has 6 heterocycles. The second-order valence-electron chi connectivity index (χ2n) is 20.8. The second kappa shape index (κ2) is 26.1. The number of benzene rings is 4. The van der Waals surface area contributed by atoms with E-state index in [9.17, 15) is 41.8 Å². The molecule has 4 atom stereocenters. The number of carbonyl (C=O) groups excluding carboxylic acids is 3. The van der Waals surface area contributed by atoms with E-state index in [4.69, 9.17) is 37.4 Å². The molecule has 10 rings (SSSR count). The topological polar surface area (TPSA) is 190 Å². The Morgan fingerprint density at radius 3 is 1.36 bits per heavy atom. The molecular formula is C60H58Cl2F6N10O8. The number of aromatic nitrogens is 6. The Kier molecular flexibility index (Phi) is 18.9. The van der Waals surface area contributed by atoms with Crippen LogP contribution in [0.1, 0.15) is 64.7 Å². The maximum absolute atomic E-state index is 15.1. The van der Waals surface area contributed by atoms with E-state index in [1.807, 2.05) is 0 Å². The molecule has 4 aromatic carbocycles. The molecule has 18 nitrogen and oxygen atoms in total. The normalized spacial score (nSPS) is 16.9. The summed E-state index contributed by atoms with van der Waals surface area (Å²) >= 11 is 11.4. The highest BCUT2D eigenvalue weighted by Crippen LogP contribution is 2.37. The van der Waals surface area contributed by atoms with Crippen molar-refractivity contribution >= 4 is 81.3 Å². The van der Waals surface area contributed by atoms with E-state index in [1.54, 1.807) is 64.0 Å². The summed E-state index contributed by atoms with van der Waals surface area (Å²) in [5, 5.41) is 16.9. The zero-order chi connectivity index (χ0) is 62.0. The first-order valence-corrected chi connectivity index (χ1v) is 27.9. The molecule has 26 heteroatoms. The maximum atomic E-state index is 15.1. The number of methoxy groups -OCH3 is 2. The summed E-state index contributed by atoms with van der Waals surface area (Å²) in [7, 11) is 6.22. The van der Waals surface area contributed by atoms with Gasteiger partial charge in [0.1, 0.15) is 56.6 Å². The quantitative estimate of drug-likeness (QED) is 0.0579. The van der Waals surface area contributed by atoms with Gasteiger partial charge in [-0.3, -0.25) is 19.2 Å². The van der Waals surface area contributed by atoms with E-state index in [0.717, 1.165) is 24.3 Å². The number of para-hydroxylation sites is 2. The minimum absolute atomic E-state index is 0.0274. The number of hydrogen-bond acceptors (Lipinski definition) is 13. The van der Waals surface area contributed by atoms with Crippen LogP contribution in [0.25, 0.3) is 33.8 Å². The summed E-state index contributed by atoms with van der Waals surface area (Å²) in [6.07, 6.45) is 0.207. The number of aliphatic carboxylic acids is 1. The van der Waals surface area contributed by atoms with E-state index in [1.165, 1.54) is 74.3 Å². The predicted octanol–water partition coefficient (Wildman–Crippen LogP) is 11.5. The Balaban J connectivity index is 0.000000206. The standard InChI is InChI=1S/C31H31ClF3N5O4.C29H27ClF3N5O4/c1-5-44-28(41)13-18-9-10-39(16-25(18)43-4)31(42)24-14-26-36-23(19-11-21(34)29(32)22(35)12-19)15-27(40(26)37-24)38(3)30-17(2)7-6-8-20(30)33;1-15-5-4-6-18(31)28(15)36(2)25-13-21(17-9-19(32)27(30)20(33)10-17)34-24-12-22(35-38(24)25)29(41)37-8-7-16(11-26(39)40)23(14-37)42-3/h6-8,11-12,14-15,18,25H,5,9-10,13,16H2,1-4H3;4-6,9-10,12-13,16,23H,7-8,11,14H2,1-3H3,(H,39,40)/t18-,25-;16-,23-/m00/s1. The van der Waals surface area contributed by atoms with Crippen LogP contribution < -0.4 is 9.80 Å². The number of nitrogens with zero attached hydrogens (tertiary/aromatic N) is 10. The highest BCUT2D eigenvalue weighted by atomic mass is 35.5. The van der Waals surface area contributed by atoms with Crippen molar-refractivity contribution in [1.82, 2.24) is 39.0 Å². The first-order chi connectivity index (χ1) is 41.0. The molecule has 2 amide bonds. The number of carbonyl (C=O) groups is 4. The van der Waals surface area contributed by atoms with Crippen molar-refractivity contribution in [3.8, 4) is 22.5 Å². The first-order valence-electron chi connectivity index (χ1n) is 27.1. The molecule has 0 saturated carbocycles. The van der Waals surface area contributed by atoms with Gasteiger partial charge in [-0.1, -0.05) is 47.5 Å². The van der Waals surface area contributed by atoms with Crippen LogP contribution in [0.5, 0.6) is 0 Å². The fourth-order valence-corrected chi connectivity index (χ4v) is 11.1. The average molecular weight is 1230 g/mol. The van der Waals surface area contributed by atoms with Crippen molar-refractivity contribution in [3.63, 3.8) is 0 Å². The van der Waals surface area contributed by atoms with Gasteiger partial charge in [0, 0.05) is 89.9 Å². The van der Waals surface area contributed by atoms with Crippen molar-refractivity contribution in [3.05, 3.63) is 152 Å². The van der Waals surface area contributed by atoms with Gasteiger partial charge in [0.2, 0.25) is 0 Å². The van der Waals surface area contributed by atoms with Gasteiger partial charge in [-0.2, -0.15) is 19.2 Å². The van der Waals surface area contributed by atoms with Crippen LogP contribution >= 0.6 is 23.2 Å². The number of ether oxygens (including phenoxy) is 3. The molecule has 0 spiro atoms. The van der Waals surface area contributed by atoms with E-state index in [-0.39, 0.29) is 125 Å². The van der Waals surface area contributed by atoms with Gasteiger partial charge in [0.25, 0.3) is 11.8 Å². The predicted molar refractivity (Wildman–Crippen MR) is 308 cm³/mol. The molecule has 4 aromatic heterocycles. The lowest BCUT2D eigenvalue weighted by molar-refractivity contribution is -0.146. The van der Waals surface area contributed by atoms with Gasteiger partial charge in [0.15, 0.2) is 22.7 Å². The van der Waals surface area contributed by atoms with E-state index >= 15 is 8.78 Å². The summed E-state index contributed by atoms with van der Waals surface area (Å²) in [4.78, 5) is 65.8. The van der Waals surface area contributed by atoms with Crippen LogP contribution in [-0.2, 0) is 23.8 Å². The van der Waals surface area contributed by atoms with Crippen molar-refractivity contribution in [2.75, 3.05) is 70.9 Å². The van der Waals surface area contributed by atoms with E-state index in [0.29, 0.717) is 37.1 Å². The Bertz CT molecular complexity index is 3840. The number of esters is 1. The molecule has 452 valence electrons. The van der Waals surface area contributed by atoms with Crippen LogP contribution in [-0.4, -0.2) is 141 Å². The number of rotatable bonds is 15. The highest BCUT2D eigenvalue weighted by molar-refractivity contribution is 6.31. The molecule has 0 bridgehead atoms. The number of carboxylic acids is 1. The molecule has 2 saturated heterocycles. The van der Waals surface area contributed by atoms with Gasteiger partial charge >= 0.3 is 11.9 Å². The molecule has 8 aromatic rings. The SMILES string of the molecule is CCOC(=O)C[C@@H]1CCN(C(=O)c2cc3nc(-c4cc(F)c(Cl)c(F)c4)cc(N(C)c4c(C)cccc4F)n3n2)C[C@@H]1OC.CO[C@H]1CN(C(=O)c2cc3nc(-c4cc(F)c(Cl)c(F)c4)cc(N(C)c4c(C)cccc4F)n3n2)CC[C@H]1CC(=O)O. The van der Waals surface area contributed by atoms with Crippen molar-refractivity contribution in [2.24, 2.45) is 11.8 Å². The second-order valence-corrected chi connectivity index (χ2v) is 21.5. The first kappa shape index (κ1) is 62.2. The number of fused-ring (bicyclic) bond motifs is 2. The molecule has 2 fully saturated rings. The number of halogens is 8. The number of aryl methyl sites for hydroxylation is 2. The molecule has 0 radical (unpaired) electrons. The molecule has 0 unspecified atom stereocenters. The minimum atomic E-state index is -0.975. The van der Waals surface area contributed by atoms with Crippen LogP contribution in [0.3, 0.4) is 0 Å². The fourth-order valence-electron chi connectivity index (χ4n) is 10.9. The van der Waals surface area contributed by atoms with Gasteiger partial charge in [0.05, 0.1) is 54.4 Å². The summed E-state index contributed by atoms with van der Waals surface area (Å²) in [5.74, 6) is -6.77. The molecule has 1 N–H and O–H groups in total. The fraction of sp³-hybridized carbons (Fsp3) is 0.333. The molecule has 2 aliphatic heterocycles. The molecule has 86 heavy (non-hydrogen) atoms. The van der Waals surface area contributed by atoms with Gasteiger partial charge < -0.3 is 38.9 Å². The van der Waals surface area contributed by atoms with Crippen molar-refractivity contribution in [1.29, 1.82) is 0 Å². The van der Waals surface area contributed by atoms with Crippen LogP contribution in [0, 0.1) is 60.6 Å². The molecule has 2 aliphatic rings.